The molecule has 3 aromatic rings. The summed E-state index contributed by atoms with van der Waals surface area (Å²) in [6.45, 7) is 2.46. The lowest BCUT2D eigenvalue weighted by molar-refractivity contribution is 0.0980. The van der Waals surface area contributed by atoms with E-state index in [2.05, 4.69) is 20.1 Å². The van der Waals surface area contributed by atoms with Crippen LogP contribution in [-0.4, -0.2) is 37.1 Å². The Kier molecular flexibility index (Phi) is 5.18. The molecule has 0 aromatic carbocycles. The summed E-state index contributed by atoms with van der Waals surface area (Å²) in [4.78, 5) is 27.8. The van der Waals surface area contributed by atoms with Gasteiger partial charge in [-0.25, -0.2) is 4.98 Å². The second kappa shape index (κ2) is 7.92. The van der Waals surface area contributed by atoms with Gasteiger partial charge >= 0.3 is 0 Å². The molecule has 28 heavy (non-hydrogen) atoms. The molecule has 0 atom stereocenters. The van der Waals surface area contributed by atoms with Crippen LogP contribution in [0.15, 0.2) is 35.2 Å². The average Bonchev–Trinajstić information content (AvgIpc) is 3.37. The van der Waals surface area contributed by atoms with Crippen molar-refractivity contribution >= 4 is 11.6 Å². The predicted octanol–water partition coefficient (Wildman–Crippen LogP) is 3.58. The van der Waals surface area contributed by atoms with Gasteiger partial charge < -0.3 is 14.0 Å². The molecule has 0 N–H and O–H groups in total. The summed E-state index contributed by atoms with van der Waals surface area (Å²) in [6.07, 6.45) is 10.8. The molecular formula is C20H24N6O2. The number of imidazole rings is 1. The van der Waals surface area contributed by atoms with Crippen molar-refractivity contribution in [1.82, 2.24) is 24.7 Å². The number of rotatable bonds is 5. The Morgan fingerprint density at radius 3 is 2.82 bits per heavy atom. The SMILES string of the molecule is CCN(C(=O)c1cnc(-c2noc(C3CCCCC3)n2)n1C)c1cccnc1. The number of nitrogens with zero attached hydrogens (tertiary/aromatic N) is 6. The molecule has 8 heteroatoms. The fourth-order valence-electron chi connectivity index (χ4n) is 3.75. The maximum atomic E-state index is 13.1. The molecule has 0 spiro atoms. The number of hydrogen-bond acceptors (Lipinski definition) is 6. The second-order valence-electron chi connectivity index (χ2n) is 7.08. The van der Waals surface area contributed by atoms with Crippen molar-refractivity contribution in [2.45, 2.75) is 44.9 Å². The zero-order valence-electron chi connectivity index (χ0n) is 16.2. The summed E-state index contributed by atoms with van der Waals surface area (Å²) in [5.74, 6) is 1.81. The van der Waals surface area contributed by atoms with Gasteiger partial charge in [0.2, 0.25) is 11.7 Å². The molecule has 8 nitrogen and oxygen atoms in total. The van der Waals surface area contributed by atoms with E-state index in [0.29, 0.717) is 35.7 Å². The highest BCUT2D eigenvalue weighted by Crippen LogP contribution is 2.32. The summed E-state index contributed by atoms with van der Waals surface area (Å²) in [5, 5.41) is 4.11. The van der Waals surface area contributed by atoms with Crippen molar-refractivity contribution in [2.75, 3.05) is 11.4 Å². The second-order valence-corrected chi connectivity index (χ2v) is 7.08. The number of hydrogen-bond donors (Lipinski definition) is 0. The lowest BCUT2D eigenvalue weighted by atomic mass is 9.89. The van der Waals surface area contributed by atoms with Crippen LogP contribution in [0.25, 0.3) is 11.6 Å². The first-order chi connectivity index (χ1) is 13.7. The minimum Gasteiger partial charge on any atom is -0.339 e. The quantitative estimate of drug-likeness (QED) is 0.672. The number of anilines is 1. The highest BCUT2D eigenvalue weighted by Gasteiger charge is 2.26. The number of carbonyl (C=O) groups is 1. The molecule has 0 aliphatic heterocycles. The molecule has 3 heterocycles. The Labute approximate surface area is 163 Å². The number of aromatic nitrogens is 5. The molecule has 146 valence electrons. The molecule has 0 saturated heterocycles. The van der Waals surface area contributed by atoms with Gasteiger partial charge in [-0.3, -0.25) is 9.78 Å². The van der Waals surface area contributed by atoms with Crippen molar-refractivity contribution in [3.05, 3.63) is 42.3 Å². The van der Waals surface area contributed by atoms with Crippen molar-refractivity contribution in [3.8, 4) is 11.6 Å². The maximum absolute atomic E-state index is 13.1. The lowest BCUT2D eigenvalue weighted by Crippen LogP contribution is -2.32. The molecule has 1 aliphatic rings. The van der Waals surface area contributed by atoms with Crippen molar-refractivity contribution in [2.24, 2.45) is 7.05 Å². The standard InChI is InChI=1S/C20H24N6O2/c1-3-26(15-10-7-11-21-12-15)20(27)16-13-22-18(25(16)2)17-23-19(28-24-17)14-8-5-4-6-9-14/h7,10-14H,3-6,8-9H2,1-2H3. The average molecular weight is 380 g/mol. The Hall–Kier alpha value is -3.03. The van der Waals surface area contributed by atoms with Crippen molar-refractivity contribution < 1.29 is 9.32 Å². The zero-order valence-corrected chi connectivity index (χ0v) is 16.2. The van der Waals surface area contributed by atoms with Crippen LogP contribution >= 0.6 is 0 Å². The molecule has 0 radical (unpaired) electrons. The van der Waals surface area contributed by atoms with Crippen LogP contribution in [0.1, 0.15) is 61.3 Å². The fourth-order valence-corrected chi connectivity index (χ4v) is 3.75. The van der Waals surface area contributed by atoms with Crippen molar-refractivity contribution in [1.29, 1.82) is 0 Å². The summed E-state index contributed by atoms with van der Waals surface area (Å²) in [6, 6.07) is 3.67. The first-order valence-electron chi connectivity index (χ1n) is 9.76. The third-order valence-electron chi connectivity index (χ3n) is 5.32. The van der Waals surface area contributed by atoms with E-state index >= 15 is 0 Å². The van der Waals surface area contributed by atoms with E-state index in [1.54, 1.807) is 35.1 Å². The molecular weight excluding hydrogens is 356 g/mol. The van der Waals surface area contributed by atoms with Gasteiger partial charge in [-0.1, -0.05) is 24.4 Å². The van der Waals surface area contributed by atoms with Crippen LogP contribution in [0.2, 0.25) is 0 Å². The Balaban J connectivity index is 1.59. The fraction of sp³-hybridized carbons (Fsp3) is 0.450. The third kappa shape index (κ3) is 3.42. The number of carbonyl (C=O) groups excluding carboxylic acids is 1. The van der Waals surface area contributed by atoms with Gasteiger partial charge in [-0.2, -0.15) is 4.98 Å². The van der Waals surface area contributed by atoms with E-state index in [0.717, 1.165) is 18.5 Å². The molecule has 3 aromatic heterocycles. The van der Waals surface area contributed by atoms with Gasteiger partial charge in [0.15, 0.2) is 5.82 Å². The van der Waals surface area contributed by atoms with Crippen LogP contribution < -0.4 is 4.90 Å². The smallest absolute Gasteiger partial charge is 0.276 e. The van der Waals surface area contributed by atoms with E-state index in [9.17, 15) is 4.79 Å². The third-order valence-corrected chi connectivity index (χ3v) is 5.32. The van der Waals surface area contributed by atoms with Crippen LogP contribution in [0.3, 0.4) is 0 Å². The van der Waals surface area contributed by atoms with Crippen LogP contribution in [0.4, 0.5) is 5.69 Å². The van der Waals surface area contributed by atoms with E-state index in [1.807, 2.05) is 19.1 Å². The van der Waals surface area contributed by atoms with E-state index in [4.69, 9.17) is 4.52 Å². The Bertz CT molecular complexity index is 943. The van der Waals surface area contributed by atoms with Crippen molar-refractivity contribution in [3.63, 3.8) is 0 Å². The van der Waals surface area contributed by atoms with Gasteiger partial charge in [0.1, 0.15) is 5.69 Å². The molecule has 1 amide bonds. The first kappa shape index (κ1) is 18.3. The Morgan fingerprint density at radius 2 is 2.11 bits per heavy atom. The minimum atomic E-state index is -0.146. The van der Waals surface area contributed by atoms with E-state index in [1.165, 1.54) is 19.3 Å². The van der Waals surface area contributed by atoms with E-state index < -0.39 is 0 Å². The highest BCUT2D eigenvalue weighted by atomic mass is 16.5. The normalized spacial score (nSPS) is 14.9. The molecule has 1 saturated carbocycles. The van der Waals surface area contributed by atoms with E-state index in [-0.39, 0.29) is 5.91 Å². The summed E-state index contributed by atoms with van der Waals surface area (Å²) in [5.41, 5.74) is 1.21. The summed E-state index contributed by atoms with van der Waals surface area (Å²) < 4.78 is 7.22. The Morgan fingerprint density at radius 1 is 1.29 bits per heavy atom. The minimum absolute atomic E-state index is 0.146. The lowest BCUT2D eigenvalue weighted by Gasteiger charge is -2.20. The van der Waals surface area contributed by atoms with Gasteiger partial charge in [-0.15, -0.1) is 0 Å². The molecule has 1 aliphatic carbocycles. The molecule has 0 bridgehead atoms. The van der Waals surface area contributed by atoms with Gasteiger partial charge in [0.25, 0.3) is 5.91 Å². The largest absolute Gasteiger partial charge is 0.339 e. The monoisotopic (exact) mass is 380 g/mol. The molecule has 1 fully saturated rings. The van der Waals surface area contributed by atoms with Crippen LogP contribution in [0.5, 0.6) is 0 Å². The van der Waals surface area contributed by atoms with Gasteiger partial charge in [-0.05, 0) is 31.9 Å². The highest BCUT2D eigenvalue weighted by molar-refractivity contribution is 6.05. The number of amides is 1. The van der Waals surface area contributed by atoms with Gasteiger partial charge in [0.05, 0.1) is 18.1 Å². The maximum Gasteiger partial charge on any atom is 0.276 e. The molecule has 4 rings (SSSR count). The number of pyridine rings is 1. The first-order valence-corrected chi connectivity index (χ1v) is 9.76. The molecule has 0 unspecified atom stereocenters. The van der Waals surface area contributed by atoms with Crippen LogP contribution in [0, 0.1) is 0 Å². The summed E-state index contributed by atoms with van der Waals surface area (Å²) in [7, 11) is 1.79. The zero-order chi connectivity index (χ0) is 19.5. The summed E-state index contributed by atoms with van der Waals surface area (Å²) >= 11 is 0. The topological polar surface area (TPSA) is 89.9 Å². The predicted molar refractivity (Wildman–Crippen MR) is 104 cm³/mol. The van der Waals surface area contributed by atoms with Crippen LogP contribution in [-0.2, 0) is 7.05 Å². The van der Waals surface area contributed by atoms with Gasteiger partial charge in [0, 0.05) is 25.7 Å².